The van der Waals surface area contributed by atoms with Gasteiger partial charge in [-0.25, -0.2) is 0 Å². The van der Waals surface area contributed by atoms with Crippen molar-refractivity contribution < 1.29 is 9.47 Å². The fraction of sp³-hybridized carbons (Fsp3) is 1.00. The van der Waals surface area contributed by atoms with Crippen LogP contribution < -0.4 is 5.73 Å². The molecule has 15 heavy (non-hydrogen) atoms. The van der Waals surface area contributed by atoms with Crippen molar-refractivity contribution in [1.29, 1.82) is 0 Å². The highest BCUT2D eigenvalue weighted by Gasteiger charge is 2.33. The molecule has 2 rings (SSSR count). The molecule has 2 fully saturated rings. The number of likely N-dealkylation sites (tertiary alicyclic amines) is 1. The van der Waals surface area contributed by atoms with Crippen LogP contribution in [0.3, 0.4) is 0 Å². The molecule has 88 valence electrons. The highest BCUT2D eigenvalue weighted by molar-refractivity contribution is 4.85. The molecule has 0 amide bonds. The lowest BCUT2D eigenvalue weighted by atomic mass is 10.2. The van der Waals surface area contributed by atoms with Crippen molar-refractivity contribution in [3.63, 3.8) is 0 Å². The monoisotopic (exact) mass is 214 g/mol. The van der Waals surface area contributed by atoms with Gasteiger partial charge in [0, 0.05) is 33.3 Å². The molecule has 0 aromatic carbocycles. The Kier molecular flexibility index (Phi) is 3.97. The van der Waals surface area contributed by atoms with Gasteiger partial charge in [0.05, 0.1) is 18.3 Å². The van der Waals surface area contributed by atoms with Crippen LogP contribution in [0.15, 0.2) is 0 Å². The third-order valence-electron chi connectivity index (χ3n) is 3.48. The second-order valence-corrected chi connectivity index (χ2v) is 4.60. The summed E-state index contributed by atoms with van der Waals surface area (Å²) in [5, 5.41) is 0. The fourth-order valence-corrected chi connectivity index (χ4v) is 2.54. The topological polar surface area (TPSA) is 47.7 Å². The van der Waals surface area contributed by atoms with E-state index in [0.717, 1.165) is 26.1 Å². The summed E-state index contributed by atoms with van der Waals surface area (Å²) >= 11 is 0. The van der Waals surface area contributed by atoms with Gasteiger partial charge in [0.25, 0.3) is 0 Å². The second kappa shape index (κ2) is 5.25. The quantitative estimate of drug-likeness (QED) is 0.711. The molecule has 2 saturated heterocycles. The third-order valence-corrected chi connectivity index (χ3v) is 3.48. The van der Waals surface area contributed by atoms with Gasteiger partial charge in [0.1, 0.15) is 0 Å². The van der Waals surface area contributed by atoms with Crippen molar-refractivity contribution in [1.82, 2.24) is 4.90 Å². The number of fused-ring (bicyclic) bond motifs is 2. The Morgan fingerprint density at radius 1 is 1.40 bits per heavy atom. The molecule has 0 aliphatic carbocycles. The van der Waals surface area contributed by atoms with E-state index in [0.29, 0.717) is 18.8 Å². The Balaban J connectivity index is 1.71. The number of nitrogens with zero attached hydrogens (tertiary/aromatic N) is 1. The van der Waals surface area contributed by atoms with E-state index in [1.807, 2.05) is 0 Å². The van der Waals surface area contributed by atoms with E-state index < -0.39 is 0 Å². The average molecular weight is 214 g/mol. The highest BCUT2D eigenvalue weighted by atomic mass is 16.5. The van der Waals surface area contributed by atoms with Crippen molar-refractivity contribution >= 4 is 0 Å². The average Bonchev–Trinajstić information content (AvgIpc) is 2.60. The molecule has 2 aliphatic heterocycles. The van der Waals surface area contributed by atoms with Crippen LogP contribution in [0.4, 0.5) is 0 Å². The fourth-order valence-electron chi connectivity index (χ4n) is 2.54. The van der Waals surface area contributed by atoms with Gasteiger partial charge in [-0.2, -0.15) is 0 Å². The number of hydrogen-bond donors (Lipinski definition) is 1. The van der Waals surface area contributed by atoms with Crippen molar-refractivity contribution in [2.24, 2.45) is 5.73 Å². The zero-order valence-corrected chi connectivity index (χ0v) is 9.52. The Labute approximate surface area is 91.7 Å². The first-order valence-electron chi connectivity index (χ1n) is 5.92. The summed E-state index contributed by atoms with van der Waals surface area (Å²) < 4.78 is 11.1. The molecule has 4 heteroatoms. The maximum Gasteiger partial charge on any atom is 0.0707 e. The third kappa shape index (κ3) is 2.91. The molecular weight excluding hydrogens is 192 g/mol. The lowest BCUT2D eigenvalue weighted by Crippen LogP contribution is -2.44. The normalized spacial score (nSPS) is 33.2. The van der Waals surface area contributed by atoms with Gasteiger partial charge in [0.15, 0.2) is 0 Å². The predicted octanol–water partition coefficient (Wildman–Crippen LogP) is 0.213. The van der Waals surface area contributed by atoms with E-state index in [2.05, 4.69) is 4.90 Å². The SMILES string of the molecule is COC(CN)CCN1CC2CCC(C1)O2. The number of nitrogens with two attached hydrogens (primary N) is 1. The van der Waals surface area contributed by atoms with E-state index in [1.54, 1.807) is 7.11 Å². The van der Waals surface area contributed by atoms with Gasteiger partial charge in [-0.3, -0.25) is 4.90 Å². The first kappa shape index (κ1) is 11.3. The molecule has 0 aromatic rings. The minimum absolute atomic E-state index is 0.213. The van der Waals surface area contributed by atoms with Crippen LogP contribution in [0.25, 0.3) is 0 Å². The number of morpholine rings is 1. The van der Waals surface area contributed by atoms with Crippen LogP contribution in [-0.4, -0.2) is 56.5 Å². The maximum atomic E-state index is 5.79. The molecule has 2 aliphatic rings. The van der Waals surface area contributed by atoms with Crippen molar-refractivity contribution in [2.45, 2.75) is 37.6 Å². The van der Waals surface area contributed by atoms with Crippen LogP contribution >= 0.6 is 0 Å². The lowest BCUT2D eigenvalue weighted by Gasteiger charge is -2.32. The molecule has 0 saturated carbocycles. The van der Waals surface area contributed by atoms with E-state index in [1.165, 1.54) is 12.8 Å². The summed E-state index contributed by atoms with van der Waals surface area (Å²) in [5.74, 6) is 0. The Morgan fingerprint density at radius 3 is 2.60 bits per heavy atom. The summed E-state index contributed by atoms with van der Waals surface area (Å²) in [6.45, 7) is 3.90. The first-order chi connectivity index (χ1) is 7.31. The molecule has 0 spiro atoms. The zero-order valence-electron chi connectivity index (χ0n) is 9.52. The molecule has 3 unspecified atom stereocenters. The van der Waals surface area contributed by atoms with Crippen molar-refractivity contribution in [3.8, 4) is 0 Å². The Hall–Kier alpha value is -0.160. The van der Waals surface area contributed by atoms with Gasteiger partial charge in [-0.15, -0.1) is 0 Å². The van der Waals surface area contributed by atoms with E-state index in [4.69, 9.17) is 15.2 Å². The molecule has 0 radical (unpaired) electrons. The van der Waals surface area contributed by atoms with Crippen LogP contribution in [0.1, 0.15) is 19.3 Å². The summed E-state index contributed by atoms with van der Waals surface area (Å²) in [6, 6.07) is 0. The maximum absolute atomic E-state index is 5.79. The Morgan fingerprint density at radius 2 is 2.07 bits per heavy atom. The largest absolute Gasteiger partial charge is 0.380 e. The van der Waals surface area contributed by atoms with Gasteiger partial charge >= 0.3 is 0 Å². The van der Waals surface area contributed by atoms with Crippen LogP contribution in [0.2, 0.25) is 0 Å². The summed E-state index contributed by atoms with van der Waals surface area (Å²) in [6.07, 6.45) is 4.71. The van der Waals surface area contributed by atoms with E-state index in [9.17, 15) is 0 Å². The van der Waals surface area contributed by atoms with Gasteiger partial charge < -0.3 is 15.2 Å². The molecule has 2 N–H and O–H groups in total. The van der Waals surface area contributed by atoms with Gasteiger partial charge in [-0.1, -0.05) is 0 Å². The molecule has 2 bridgehead atoms. The van der Waals surface area contributed by atoms with Crippen LogP contribution in [0, 0.1) is 0 Å². The summed E-state index contributed by atoms with van der Waals surface area (Å²) in [7, 11) is 1.74. The van der Waals surface area contributed by atoms with Crippen LogP contribution in [-0.2, 0) is 9.47 Å². The summed E-state index contributed by atoms with van der Waals surface area (Å²) in [4.78, 5) is 2.49. The molecular formula is C11H22N2O2. The van der Waals surface area contributed by atoms with E-state index in [-0.39, 0.29) is 6.10 Å². The zero-order chi connectivity index (χ0) is 10.7. The summed E-state index contributed by atoms with van der Waals surface area (Å²) in [5.41, 5.74) is 5.60. The molecule has 3 atom stereocenters. The number of hydrogen-bond acceptors (Lipinski definition) is 4. The van der Waals surface area contributed by atoms with Gasteiger partial charge in [-0.05, 0) is 19.3 Å². The minimum Gasteiger partial charge on any atom is -0.380 e. The molecule has 4 nitrogen and oxygen atoms in total. The first-order valence-corrected chi connectivity index (χ1v) is 5.92. The number of rotatable bonds is 5. The number of methoxy groups -OCH3 is 1. The molecule has 0 aromatic heterocycles. The standard InChI is InChI=1S/C11H22N2O2/c1-14-9(6-12)4-5-13-7-10-2-3-11(8-13)15-10/h9-11H,2-8,12H2,1H3. The van der Waals surface area contributed by atoms with Crippen LogP contribution in [0.5, 0.6) is 0 Å². The minimum atomic E-state index is 0.213. The lowest BCUT2D eigenvalue weighted by molar-refractivity contribution is -0.0422. The van der Waals surface area contributed by atoms with Crippen molar-refractivity contribution in [3.05, 3.63) is 0 Å². The van der Waals surface area contributed by atoms with Gasteiger partial charge in [0.2, 0.25) is 0 Å². The smallest absolute Gasteiger partial charge is 0.0707 e. The second-order valence-electron chi connectivity index (χ2n) is 4.60. The molecule has 2 heterocycles. The van der Waals surface area contributed by atoms with E-state index >= 15 is 0 Å². The Bertz CT molecular complexity index is 185. The highest BCUT2D eigenvalue weighted by Crippen LogP contribution is 2.26. The number of ether oxygens (including phenoxy) is 2. The van der Waals surface area contributed by atoms with Crippen molar-refractivity contribution in [2.75, 3.05) is 33.3 Å². The predicted molar refractivity (Wildman–Crippen MR) is 58.8 cm³/mol.